The van der Waals surface area contributed by atoms with Gasteiger partial charge in [-0.2, -0.15) is 0 Å². The molecule has 1 saturated heterocycles. The first kappa shape index (κ1) is 15.6. The summed E-state index contributed by atoms with van der Waals surface area (Å²) in [7, 11) is 1.62. The van der Waals surface area contributed by atoms with Crippen molar-refractivity contribution in [2.24, 2.45) is 0 Å². The average Bonchev–Trinajstić information content (AvgIpc) is 2.61. The first-order chi connectivity index (χ1) is 12.2. The van der Waals surface area contributed by atoms with Gasteiger partial charge in [-0.05, 0) is 36.2 Å². The van der Waals surface area contributed by atoms with E-state index < -0.39 is 5.82 Å². The minimum absolute atomic E-state index is 0.000664. The van der Waals surface area contributed by atoms with Gasteiger partial charge in [-0.15, -0.1) is 0 Å². The lowest BCUT2D eigenvalue weighted by Crippen LogP contribution is -2.45. The van der Waals surface area contributed by atoms with Crippen molar-refractivity contribution in [1.82, 2.24) is 9.88 Å². The van der Waals surface area contributed by atoms with Crippen LogP contribution >= 0.6 is 0 Å². The molecule has 1 atom stereocenters. The third-order valence-electron chi connectivity index (χ3n) is 4.65. The molecule has 1 aliphatic heterocycles. The Morgan fingerprint density at radius 2 is 2.04 bits per heavy atom. The zero-order chi connectivity index (χ0) is 17.4. The number of ether oxygens (including phenoxy) is 1. The number of benzene rings is 2. The number of likely N-dealkylation sites (tertiary alicyclic amines) is 1. The van der Waals surface area contributed by atoms with Crippen LogP contribution in [-0.4, -0.2) is 29.4 Å². The number of fused-ring (bicyclic) bond motifs is 1. The van der Waals surface area contributed by atoms with Gasteiger partial charge in [0.1, 0.15) is 22.8 Å². The largest absolute Gasteiger partial charge is 0.497 e. The molecule has 2 heterocycles. The monoisotopic (exact) mass is 336 g/mol. The Morgan fingerprint density at radius 3 is 2.80 bits per heavy atom. The molecule has 1 aromatic heterocycles. The summed E-state index contributed by atoms with van der Waals surface area (Å²) in [6.45, 7) is 0.664. The summed E-state index contributed by atoms with van der Waals surface area (Å²) in [4.78, 5) is 18.8. The van der Waals surface area contributed by atoms with Gasteiger partial charge in [0, 0.05) is 11.9 Å². The Kier molecular flexibility index (Phi) is 3.84. The molecule has 1 aliphatic rings. The number of amides is 1. The third-order valence-corrected chi connectivity index (χ3v) is 4.65. The molecule has 25 heavy (non-hydrogen) atoms. The summed E-state index contributed by atoms with van der Waals surface area (Å²) < 4.78 is 19.2. The van der Waals surface area contributed by atoms with E-state index in [0.717, 1.165) is 17.7 Å². The number of halogens is 1. The molecule has 1 amide bonds. The summed E-state index contributed by atoms with van der Waals surface area (Å²) in [5.74, 6) is 0.173. The van der Waals surface area contributed by atoms with Crippen LogP contribution in [0.5, 0.6) is 5.75 Å². The van der Waals surface area contributed by atoms with Gasteiger partial charge in [-0.1, -0.05) is 30.3 Å². The van der Waals surface area contributed by atoms with Crippen LogP contribution < -0.4 is 4.74 Å². The SMILES string of the molecule is COc1cccc([C@@H]2CCN2C(=O)c2ccc3cccc(F)c3n2)c1. The summed E-state index contributed by atoms with van der Waals surface area (Å²) in [6, 6.07) is 15.9. The number of para-hydroxylation sites is 1. The van der Waals surface area contributed by atoms with E-state index >= 15 is 0 Å². The summed E-state index contributed by atoms with van der Waals surface area (Å²) in [5, 5.41) is 0.685. The fourth-order valence-corrected chi connectivity index (χ4v) is 3.20. The van der Waals surface area contributed by atoms with E-state index in [0.29, 0.717) is 11.9 Å². The predicted octanol–water partition coefficient (Wildman–Crippen LogP) is 3.97. The fourth-order valence-electron chi connectivity index (χ4n) is 3.20. The number of pyridine rings is 1. The summed E-state index contributed by atoms with van der Waals surface area (Å²) >= 11 is 0. The van der Waals surface area contributed by atoms with Crippen LogP contribution in [0, 0.1) is 5.82 Å². The molecule has 0 unspecified atom stereocenters. The molecule has 0 bridgehead atoms. The number of aromatic nitrogens is 1. The quantitative estimate of drug-likeness (QED) is 0.727. The first-order valence-electron chi connectivity index (χ1n) is 8.17. The minimum atomic E-state index is -0.417. The lowest BCUT2D eigenvalue weighted by molar-refractivity contribution is 0.0454. The Balaban J connectivity index is 1.63. The summed E-state index contributed by atoms with van der Waals surface area (Å²) in [6.07, 6.45) is 0.890. The number of nitrogens with zero attached hydrogens (tertiary/aromatic N) is 2. The van der Waals surface area contributed by atoms with Crippen LogP contribution in [0.15, 0.2) is 54.6 Å². The molecule has 3 aromatic rings. The van der Waals surface area contributed by atoms with Crippen LogP contribution in [0.1, 0.15) is 28.5 Å². The van der Waals surface area contributed by atoms with Crippen LogP contribution in [0.25, 0.3) is 10.9 Å². The van der Waals surface area contributed by atoms with Crippen molar-refractivity contribution in [1.29, 1.82) is 0 Å². The first-order valence-corrected chi connectivity index (χ1v) is 8.17. The van der Waals surface area contributed by atoms with Crippen molar-refractivity contribution < 1.29 is 13.9 Å². The molecular weight excluding hydrogens is 319 g/mol. The second kappa shape index (κ2) is 6.16. The highest BCUT2D eigenvalue weighted by Gasteiger charge is 2.34. The van der Waals surface area contributed by atoms with Gasteiger partial charge in [0.2, 0.25) is 0 Å². The van der Waals surface area contributed by atoms with Crippen molar-refractivity contribution in [3.8, 4) is 5.75 Å². The average molecular weight is 336 g/mol. The van der Waals surface area contributed by atoms with Crippen LogP contribution in [0.3, 0.4) is 0 Å². The smallest absolute Gasteiger partial charge is 0.272 e. The van der Waals surface area contributed by atoms with Gasteiger partial charge in [-0.3, -0.25) is 4.79 Å². The molecule has 0 radical (unpaired) electrons. The molecular formula is C20H17FN2O2. The third kappa shape index (κ3) is 2.71. The van der Waals surface area contributed by atoms with Crippen molar-refractivity contribution in [3.63, 3.8) is 0 Å². The maximum atomic E-state index is 14.0. The highest BCUT2D eigenvalue weighted by molar-refractivity contribution is 5.95. The Hall–Kier alpha value is -2.95. The maximum Gasteiger partial charge on any atom is 0.272 e. The Labute approximate surface area is 144 Å². The lowest BCUT2D eigenvalue weighted by atomic mass is 9.94. The van der Waals surface area contributed by atoms with E-state index in [-0.39, 0.29) is 23.2 Å². The molecule has 0 aliphatic carbocycles. The lowest BCUT2D eigenvalue weighted by Gasteiger charge is -2.41. The predicted molar refractivity (Wildman–Crippen MR) is 93.1 cm³/mol. The second-order valence-corrected chi connectivity index (χ2v) is 6.09. The van der Waals surface area contributed by atoms with Crippen molar-refractivity contribution >= 4 is 16.8 Å². The van der Waals surface area contributed by atoms with E-state index in [4.69, 9.17) is 4.74 Å². The van der Waals surface area contributed by atoms with Gasteiger partial charge in [0.25, 0.3) is 5.91 Å². The molecule has 0 N–H and O–H groups in total. The van der Waals surface area contributed by atoms with Crippen molar-refractivity contribution in [2.75, 3.05) is 13.7 Å². The normalized spacial score (nSPS) is 16.6. The van der Waals surface area contributed by atoms with E-state index in [1.807, 2.05) is 24.3 Å². The standard InChI is InChI=1S/C20H17FN2O2/c1-25-15-6-2-5-14(12-15)18-10-11-23(18)20(24)17-9-8-13-4-3-7-16(21)19(13)22-17/h2-9,12,18H,10-11H2,1H3/t18-/m0/s1. The molecule has 1 fully saturated rings. The number of carbonyl (C=O) groups excluding carboxylic acids is 1. The van der Waals surface area contributed by atoms with E-state index in [1.54, 1.807) is 36.3 Å². The molecule has 0 saturated carbocycles. The van der Waals surface area contributed by atoms with Gasteiger partial charge in [0.05, 0.1) is 13.2 Å². The van der Waals surface area contributed by atoms with Gasteiger partial charge >= 0.3 is 0 Å². The van der Waals surface area contributed by atoms with E-state index in [2.05, 4.69) is 4.98 Å². The van der Waals surface area contributed by atoms with Gasteiger partial charge in [-0.25, -0.2) is 9.37 Å². The number of rotatable bonds is 3. The molecule has 4 rings (SSSR count). The van der Waals surface area contributed by atoms with Gasteiger partial charge in [0.15, 0.2) is 0 Å². The number of hydrogen-bond donors (Lipinski definition) is 0. The maximum absolute atomic E-state index is 14.0. The van der Waals surface area contributed by atoms with Crippen molar-refractivity contribution in [2.45, 2.75) is 12.5 Å². The molecule has 5 heteroatoms. The molecule has 4 nitrogen and oxygen atoms in total. The summed E-state index contributed by atoms with van der Waals surface area (Å²) in [5.41, 5.74) is 1.53. The zero-order valence-electron chi connectivity index (χ0n) is 13.8. The zero-order valence-corrected chi connectivity index (χ0v) is 13.8. The van der Waals surface area contributed by atoms with Crippen molar-refractivity contribution in [3.05, 3.63) is 71.7 Å². The van der Waals surface area contributed by atoms with Crippen LogP contribution in [0.2, 0.25) is 0 Å². The highest BCUT2D eigenvalue weighted by Crippen LogP contribution is 2.35. The second-order valence-electron chi connectivity index (χ2n) is 6.09. The Bertz CT molecular complexity index is 957. The topological polar surface area (TPSA) is 42.4 Å². The number of methoxy groups -OCH3 is 1. The minimum Gasteiger partial charge on any atom is -0.497 e. The highest BCUT2D eigenvalue weighted by atomic mass is 19.1. The van der Waals surface area contributed by atoms with E-state index in [1.165, 1.54) is 6.07 Å². The molecule has 2 aromatic carbocycles. The van der Waals surface area contributed by atoms with E-state index in [9.17, 15) is 9.18 Å². The molecule has 0 spiro atoms. The number of hydrogen-bond acceptors (Lipinski definition) is 3. The fraction of sp³-hybridized carbons (Fsp3) is 0.200. The van der Waals surface area contributed by atoms with Crippen LogP contribution in [-0.2, 0) is 0 Å². The van der Waals surface area contributed by atoms with Crippen LogP contribution in [0.4, 0.5) is 4.39 Å². The van der Waals surface area contributed by atoms with Gasteiger partial charge < -0.3 is 9.64 Å². The molecule has 126 valence electrons. The Morgan fingerprint density at radius 1 is 1.20 bits per heavy atom. The number of carbonyl (C=O) groups is 1.